The van der Waals surface area contributed by atoms with Gasteiger partial charge in [-0.25, -0.2) is 9.89 Å². The van der Waals surface area contributed by atoms with E-state index in [4.69, 9.17) is 0 Å². The van der Waals surface area contributed by atoms with Crippen LogP contribution in [-0.2, 0) is 6.54 Å². The fourth-order valence-electron chi connectivity index (χ4n) is 3.08. The van der Waals surface area contributed by atoms with Crippen molar-refractivity contribution in [1.29, 1.82) is 0 Å². The Balaban J connectivity index is 1.70. The highest BCUT2D eigenvalue weighted by Crippen LogP contribution is 2.29. The quantitative estimate of drug-likeness (QED) is 0.387. The van der Waals surface area contributed by atoms with Gasteiger partial charge in [0.15, 0.2) is 0 Å². The monoisotopic (exact) mass is 348 g/mol. The topological polar surface area (TPSA) is 108 Å². The lowest BCUT2D eigenvalue weighted by molar-refractivity contribution is 0.827. The Hall–Kier alpha value is -3.68. The van der Waals surface area contributed by atoms with Crippen molar-refractivity contribution in [3.8, 4) is 0 Å². The maximum atomic E-state index is 11.6. The number of fused-ring (bicyclic) bond motifs is 3. The van der Waals surface area contributed by atoms with Crippen LogP contribution in [0.5, 0.6) is 0 Å². The fourth-order valence-corrected chi connectivity index (χ4v) is 3.08. The molecular weight excluding hydrogens is 332 g/mol. The summed E-state index contributed by atoms with van der Waals surface area (Å²) in [5, 5.41) is 12.1. The molecule has 8 heteroatoms. The Morgan fingerprint density at radius 1 is 1.15 bits per heavy atom. The molecule has 0 aliphatic rings. The molecule has 26 heavy (non-hydrogen) atoms. The number of para-hydroxylation sites is 1. The molecule has 3 N–H and O–H groups in total. The second-order valence-corrected chi connectivity index (χ2v) is 5.76. The second kappa shape index (κ2) is 6.32. The average molecular weight is 348 g/mol. The highest BCUT2D eigenvalue weighted by atomic mass is 16.2. The molecule has 0 fully saturated rings. The number of H-pyrrole nitrogens is 2. The predicted octanol–water partition coefficient (Wildman–Crippen LogP) is 2.03. The molecule has 0 aliphatic heterocycles. The summed E-state index contributed by atoms with van der Waals surface area (Å²) >= 11 is 0. The van der Waals surface area contributed by atoms with E-state index in [2.05, 4.69) is 61.5 Å². The van der Waals surface area contributed by atoms with E-state index in [1.807, 2.05) is 18.2 Å². The van der Waals surface area contributed by atoms with E-state index in [1.165, 1.54) is 10.9 Å². The highest BCUT2D eigenvalue weighted by Gasteiger charge is 2.09. The van der Waals surface area contributed by atoms with E-state index < -0.39 is 11.2 Å². The highest BCUT2D eigenvalue weighted by molar-refractivity contribution is 6.09. The minimum atomic E-state index is -0.665. The van der Waals surface area contributed by atoms with Crippen molar-refractivity contribution in [1.82, 2.24) is 19.7 Å². The van der Waals surface area contributed by atoms with Gasteiger partial charge in [0.25, 0.3) is 5.56 Å². The summed E-state index contributed by atoms with van der Waals surface area (Å²) in [5.41, 5.74) is 4.47. The van der Waals surface area contributed by atoms with Gasteiger partial charge in [0.1, 0.15) is 0 Å². The lowest BCUT2D eigenvalue weighted by Gasteiger charge is -2.02. The second-order valence-electron chi connectivity index (χ2n) is 5.76. The normalized spacial score (nSPS) is 11.6. The molecule has 0 bridgehead atoms. The van der Waals surface area contributed by atoms with E-state index in [1.54, 1.807) is 6.21 Å². The van der Waals surface area contributed by atoms with Crippen molar-refractivity contribution >= 4 is 33.8 Å². The maximum Gasteiger partial charge on any atom is 0.342 e. The number of rotatable bonds is 4. The van der Waals surface area contributed by atoms with Crippen LogP contribution in [0.15, 0.2) is 57.2 Å². The summed E-state index contributed by atoms with van der Waals surface area (Å²) in [4.78, 5) is 24.6. The van der Waals surface area contributed by atoms with Gasteiger partial charge in [-0.1, -0.05) is 24.3 Å². The van der Waals surface area contributed by atoms with E-state index in [-0.39, 0.29) is 5.82 Å². The Morgan fingerprint density at radius 2 is 1.96 bits per heavy atom. The number of hydrazone groups is 1. The number of aromatic amines is 2. The number of hydrogen-bond donors (Lipinski definition) is 3. The number of aryl methyl sites for hydroxylation is 1. The van der Waals surface area contributed by atoms with Crippen LogP contribution in [-0.4, -0.2) is 26.0 Å². The van der Waals surface area contributed by atoms with Gasteiger partial charge in [-0.15, -0.1) is 5.10 Å². The molecule has 0 amide bonds. The Kier molecular flexibility index (Phi) is 3.85. The SMILES string of the molecule is CCn1c2ccccc2c2cc(/C=N/Nc3n[nH]c(=O)[nH]c3=O)ccc21. The molecule has 2 heterocycles. The van der Waals surface area contributed by atoms with Gasteiger partial charge in [0.2, 0.25) is 5.82 Å². The van der Waals surface area contributed by atoms with Crippen LogP contribution in [0.2, 0.25) is 0 Å². The number of nitrogens with zero attached hydrogens (tertiary/aromatic N) is 3. The van der Waals surface area contributed by atoms with Crippen LogP contribution in [0.3, 0.4) is 0 Å². The molecule has 0 saturated carbocycles. The molecule has 2 aromatic heterocycles. The first kappa shape index (κ1) is 15.8. The third-order valence-electron chi connectivity index (χ3n) is 4.21. The summed E-state index contributed by atoms with van der Waals surface area (Å²) in [5.74, 6) is -0.0792. The maximum absolute atomic E-state index is 11.6. The number of hydrogen-bond acceptors (Lipinski definition) is 5. The zero-order valence-corrected chi connectivity index (χ0v) is 14.0. The van der Waals surface area contributed by atoms with Gasteiger partial charge >= 0.3 is 5.69 Å². The molecule has 8 nitrogen and oxygen atoms in total. The molecule has 4 aromatic rings. The number of aromatic nitrogens is 4. The molecule has 2 aromatic carbocycles. The molecule has 0 unspecified atom stereocenters. The first-order chi connectivity index (χ1) is 12.7. The van der Waals surface area contributed by atoms with E-state index in [9.17, 15) is 9.59 Å². The molecule has 4 rings (SSSR count). The molecule has 0 atom stereocenters. The summed E-state index contributed by atoms with van der Waals surface area (Å²) < 4.78 is 2.27. The predicted molar refractivity (Wildman–Crippen MR) is 102 cm³/mol. The van der Waals surface area contributed by atoms with E-state index in [0.29, 0.717) is 0 Å². The largest absolute Gasteiger partial charge is 0.342 e. The molecule has 0 spiro atoms. The smallest absolute Gasteiger partial charge is 0.341 e. The van der Waals surface area contributed by atoms with Gasteiger partial charge in [-0.05, 0) is 30.7 Å². The minimum absolute atomic E-state index is 0.0792. The Bertz CT molecular complexity index is 1250. The molecule has 0 saturated heterocycles. The van der Waals surface area contributed by atoms with Crippen molar-refractivity contribution in [2.24, 2.45) is 5.10 Å². The number of nitrogens with one attached hydrogen (secondary N) is 3. The van der Waals surface area contributed by atoms with E-state index >= 15 is 0 Å². The fraction of sp³-hybridized carbons (Fsp3) is 0.111. The van der Waals surface area contributed by atoms with Crippen molar-refractivity contribution in [2.45, 2.75) is 13.5 Å². The van der Waals surface area contributed by atoms with Crippen LogP contribution in [0, 0.1) is 0 Å². The lowest BCUT2D eigenvalue weighted by atomic mass is 10.1. The standard InChI is InChI=1S/C18H16N6O2/c1-2-24-14-6-4-3-5-12(14)13-9-11(7-8-15(13)24)10-19-21-16-17(25)20-18(26)23-22-16/h3-10H,2H2,1H3,(H,21,22)(H2,20,23,25,26)/b19-10+. The molecule has 0 aliphatic carbocycles. The van der Waals surface area contributed by atoms with Gasteiger partial charge < -0.3 is 4.57 Å². The minimum Gasteiger partial charge on any atom is -0.341 e. The molecule has 130 valence electrons. The zero-order chi connectivity index (χ0) is 18.1. The van der Waals surface area contributed by atoms with Gasteiger partial charge in [-0.3, -0.25) is 15.2 Å². The third kappa shape index (κ3) is 2.67. The summed E-state index contributed by atoms with van der Waals surface area (Å²) in [6.07, 6.45) is 1.60. The van der Waals surface area contributed by atoms with Crippen molar-refractivity contribution < 1.29 is 0 Å². The summed E-state index contributed by atoms with van der Waals surface area (Å²) in [7, 11) is 0. The van der Waals surface area contributed by atoms with Crippen LogP contribution in [0.4, 0.5) is 5.82 Å². The first-order valence-electron chi connectivity index (χ1n) is 8.16. The van der Waals surface area contributed by atoms with Crippen LogP contribution >= 0.6 is 0 Å². The van der Waals surface area contributed by atoms with Crippen molar-refractivity contribution in [3.63, 3.8) is 0 Å². The van der Waals surface area contributed by atoms with Crippen LogP contribution in [0.25, 0.3) is 21.8 Å². The van der Waals surface area contributed by atoms with Crippen molar-refractivity contribution in [3.05, 3.63) is 68.9 Å². The van der Waals surface area contributed by atoms with Crippen molar-refractivity contribution in [2.75, 3.05) is 5.43 Å². The van der Waals surface area contributed by atoms with E-state index in [0.717, 1.165) is 23.0 Å². The summed E-state index contributed by atoms with van der Waals surface area (Å²) in [6.45, 7) is 3.01. The zero-order valence-electron chi connectivity index (χ0n) is 14.0. The Morgan fingerprint density at radius 3 is 2.77 bits per heavy atom. The van der Waals surface area contributed by atoms with Crippen LogP contribution < -0.4 is 16.7 Å². The molecular formula is C18H16N6O2. The lowest BCUT2D eigenvalue weighted by Crippen LogP contribution is -2.25. The van der Waals surface area contributed by atoms with Gasteiger partial charge in [0.05, 0.1) is 6.21 Å². The van der Waals surface area contributed by atoms with Gasteiger partial charge in [0, 0.05) is 28.4 Å². The summed E-state index contributed by atoms with van der Waals surface area (Å²) in [6, 6.07) is 14.4. The third-order valence-corrected chi connectivity index (χ3v) is 4.21. The number of anilines is 1. The van der Waals surface area contributed by atoms with Gasteiger partial charge in [-0.2, -0.15) is 5.10 Å². The Labute approximate surface area is 147 Å². The first-order valence-corrected chi connectivity index (χ1v) is 8.16. The number of benzene rings is 2. The van der Waals surface area contributed by atoms with Crippen LogP contribution in [0.1, 0.15) is 12.5 Å². The average Bonchev–Trinajstić information content (AvgIpc) is 2.97. The molecule has 0 radical (unpaired) electrons.